The molecule has 1 unspecified atom stereocenters. The van der Waals surface area contributed by atoms with E-state index in [1.807, 2.05) is 63.1 Å². The van der Waals surface area contributed by atoms with Crippen LogP contribution in [0.3, 0.4) is 0 Å². The highest BCUT2D eigenvalue weighted by molar-refractivity contribution is 5.94. The number of nitrogens with two attached hydrogens (primary N) is 1. The fourth-order valence-electron chi connectivity index (χ4n) is 5.59. The standard InChI is InChI=1S/C34H44N8O3/c1-23(2)29(39-33(44)45-6)32(43)42-21-13-18-28(42)30(35)40-34(4,24(3)41(5)26-15-8-7-9-16-26)19-11-10-14-25-22-37-31(38-25)27-17-12-20-36-27/h7-9,15-16,22-23,27-29,36H,3,12-13,17-18,20-21H2,1-2,4-6H3,(H2,35,40)(H,37,38)(H,39,44)/t27-,28-,29-,34?/m0/s1. The molecule has 238 valence electrons. The predicted molar refractivity (Wildman–Crippen MR) is 176 cm³/mol. The molecule has 3 heterocycles. The van der Waals surface area contributed by atoms with Crippen LogP contribution in [0.5, 0.6) is 0 Å². The van der Waals surface area contributed by atoms with E-state index in [4.69, 9.17) is 15.5 Å². The van der Waals surface area contributed by atoms with E-state index in [0.29, 0.717) is 24.4 Å². The number of nitrogens with one attached hydrogen (secondary N) is 3. The number of ether oxygens (including phenoxy) is 1. The molecule has 2 aliphatic heterocycles. The number of methoxy groups -OCH3 is 1. The summed E-state index contributed by atoms with van der Waals surface area (Å²) in [6, 6.07) is 8.77. The summed E-state index contributed by atoms with van der Waals surface area (Å²) in [7, 11) is 3.17. The van der Waals surface area contributed by atoms with Crippen LogP contribution in [0.25, 0.3) is 0 Å². The normalized spacial score (nSPS) is 19.9. The third-order valence-corrected chi connectivity index (χ3v) is 8.28. The Balaban J connectivity index is 1.63. The molecular formula is C34H44N8O3. The maximum Gasteiger partial charge on any atom is 0.407 e. The number of aromatic amines is 1. The molecule has 2 aromatic rings. The molecule has 4 rings (SSSR count). The highest BCUT2D eigenvalue weighted by atomic mass is 16.5. The Hall–Kier alpha value is -4.74. The van der Waals surface area contributed by atoms with Gasteiger partial charge in [-0.1, -0.05) is 44.5 Å². The number of hydrogen-bond donors (Lipinski definition) is 4. The van der Waals surface area contributed by atoms with Gasteiger partial charge in [-0.2, -0.15) is 0 Å². The number of hydrogen-bond acceptors (Lipinski definition) is 7. The van der Waals surface area contributed by atoms with Crippen molar-refractivity contribution in [3.63, 3.8) is 0 Å². The molecule has 0 bridgehead atoms. The number of para-hydroxylation sites is 1. The SMILES string of the molecule is C=C(N(C)c1ccccc1)C(C)(C#CC#Cc1cnc([C@@H]2CCCN2)[nH]1)/N=C(\N)[C@@H]1CCCN1C(=O)[C@@H](NC(=O)OC)C(C)C. The molecule has 0 saturated carbocycles. The zero-order valence-corrected chi connectivity index (χ0v) is 26.8. The summed E-state index contributed by atoms with van der Waals surface area (Å²) in [6.07, 6.45) is 4.59. The second-order valence-electron chi connectivity index (χ2n) is 11.8. The molecule has 5 N–H and O–H groups in total. The van der Waals surface area contributed by atoms with Crippen LogP contribution < -0.4 is 21.3 Å². The summed E-state index contributed by atoms with van der Waals surface area (Å²) >= 11 is 0. The van der Waals surface area contributed by atoms with Gasteiger partial charge in [0.25, 0.3) is 0 Å². The van der Waals surface area contributed by atoms with Crippen LogP contribution in [0, 0.1) is 29.6 Å². The minimum atomic E-state index is -1.17. The van der Waals surface area contributed by atoms with Crippen LogP contribution in [0.1, 0.15) is 64.0 Å². The number of nitrogens with zero attached hydrogens (tertiary/aromatic N) is 4. The fraction of sp³-hybridized carbons (Fsp3) is 0.471. The molecule has 11 nitrogen and oxygen atoms in total. The molecule has 1 aromatic heterocycles. The van der Waals surface area contributed by atoms with Crippen LogP contribution in [-0.2, 0) is 9.53 Å². The van der Waals surface area contributed by atoms with E-state index in [-0.39, 0.29) is 23.7 Å². The van der Waals surface area contributed by atoms with Crippen LogP contribution in [0.4, 0.5) is 10.5 Å². The van der Waals surface area contributed by atoms with Crippen molar-refractivity contribution in [2.24, 2.45) is 16.6 Å². The number of amidine groups is 1. The average Bonchev–Trinajstić information content (AvgIpc) is 3.83. The third-order valence-electron chi connectivity index (χ3n) is 8.28. The zero-order chi connectivity index (χ0) is 32.6. The van der Waals surface area contributed by atoms with Gasteiger partial charge in [-0.3, -0.25) is 4.79 Å². The maximum atomic E-state index is 13.6. The fourth-order valence-corrected chi connectivity index (χ4v) is 5.59. The number of alkyl carbamates (subject to hydrolysis) is 1. The van der Waals surface area contributed by atoms with Gasteiger partial charge >= 0.3 is 6.09 Å². The molecule has 2 aliphatic rings. The first kappa shape index (κ1) is 33.2. The third kappa shape index (κ3) is 8.05. The minimum absolute atomic E-state index is 0.162. The Morgan fingerprint density at radius 3 is 2.67 bits per heavy atom. The minimum Gasteiger partial charge on any atom is -0.453 e. The molecule has 1 aromatic carbocycles. The Kier molecular flexibility index (Phi) is 10.9. The average molecular weight is 613 g/mol. The molecule has 0 spiro atoms. The van der Waals surface area contributed by atoms with Crippen molar-refractivity contribution in [3.8, 4) is 23.7 Å². The number of aliphatic imine (C=N–C) groups is 1. The second-order valence-corrected chi connectivity index (χ2v) is 11.8. The van der Waals surface area contributed by atoms with E-state index in [1.54, 1.807) is 11.1 Å². The van der Waals surface area contributed by atoms with Gasteiger partial charge in [-0.15, -0.1) is 0 Å². The van der Waals surface area contributed by atoms with Crippen LogP contribution in [0.15, 0.2) is 53.8 Å². The summed E-state index contributed by atoms with van der Waals surface area (Å²) in [5, 5.41) is 6.09. The van der Waals surface area contributed by atoms with E-state index in [1.165, 1.54) is 7.11 Å². The zero-order valence-electron chi connectivity index (χ0n) is 26.8. The number of benzene rings is 1. The molecule has 0 aliphatic carbocycles. The number of likely N-dealkylation sites (N-methyl/N-ethyl adjacent to an activating group) is 1. The van der Waals surface area contributed by atoms with E-state index < -0.39 is 23.7 Å². The molecule has 0 radical (unpaired) electrons. The Labute approximate surface area is 266 Å². The molecule has 4 atom stereocenters. The van der Waals surface area contributed by atoms with E-state index in [9.17, 15) is 9.59 Å². The van der Waals surface area contributed by atoms with Crippen molar-refractivity contribution in [1.29, 1.82) is 0 Å². The first-order valence-corrected chi connectivity index (χ1v) is 15.3. The van der Waals surface area contributed by atoms with Crippen molar-refractivity contribution in [2.45, 2.75) is 70.1 Å². The van der Waals surface area contributed by atoms with Gasteiger partial charge in [0.05, 0.1) is 31.1 Å². The first-order chi connectivity index (χ1) is 21.5. The quantitative estimate of drug-likeness (QED) is 0.193. The largest absolute Gasteiger partial charge is 0.453 e. The van der Waals surface area contributed by atoms with Gasteiger partial charge < -0.3 is 35.9 Å². The molecule has 2 fully saturated rings. The topological polar surface area (TPSA) is 141 Å². The summed E-state index contributed by atoms with van der Waals surface area (Å²) in [5.41, 5.74) is 7.70. The van der Waals surface area contributed by atoms with Crippen molar-refractivity contribution >= 4 is 23.5 Å². The molecule has 2 amide bonds. The number of carbonyl (C=O) groups is 2. The van der Waals surface area contributed by atoms with Gasteiger partial charge in [0.2, 0.25) is 5.91 Å². The smallest absolute Gasteiger partial charge is 0.407 e. The van der Waals surface area contributed by atoms with Crippen LogP contribution in [-0.4, -0.2) is 77.6 Å². The number of amides is 2. The second kappa shape index (κ2) is 14.8. The van der Waals surface area contributed by atoms with Crippen molar-refractivity contribution in [2.75, 3.05) is 32.1 Å². The number of imidazole rings is 1. The van der Waals surface area contributed by atoms with Gasteiger partial charge in [-0.25, -0.2) is 14.8 Å². The maximum absolute atomic E-state index is 13.6. The lowest BCUT2D eigenvalue weighted by molar-refractivity contribution is -0.134. The summed E-state index contributed by atoms with van der Waals surface area (Å²) < 4.78 is 4.75. The van der Waals surface area contributed by atoms with Crippen LogP contribution >= 0.6 is 0 Å². The number of likely N-dealkylation sites (tertiary alicyclic amines) is 1. The van der Waals surface area contributed by atoms with E-state index in [2.05, 4.69) is 50.9 Å². The summed E-state index contributed by atoms with van der Waals surface area (Å²) in [6.45, 7) is 11.4. The highest BCUT2D eigenvalue weighted by Gasteiger charge is 2.39. The molecule has 45 heavy (non-hydrogen) atoms. The van der Waals surface area contributed by atoms with Crippen molar-refractivity contribution in [3.05, 3.63) is 60.3 Å². The molecule has 11 heteroatoms. The first-order valence-electron chi connectivity index (χ1n) is 15.3. The van der Waals surface area contributed by atoms with E-state index in [0.717, 1.165) is 37.3 Å². The van der Waals surface area contributed by atoms with Gasteiger partial charge in [0.1, 0.15) is 23.4 Å². The Morgan fingerprint density at radius 2 is 2.00 bits per heavy atom. The van der Waals surface area contributed by atoms with Crippen molar-refractivity contribution in [1.82, 2.24) is 25.5 Å². The number of H-pyrrole nitrogens is 1. The van der Waals surface area contributed by atoms with Gasteiger partial charge in [-0.05, 0) is 75.0 Å². The lowest BCUT2D eigenvalue weighted by Crippen LogP contribution is -2.55. The Bertz CT molecular complexity index is 1520. The van der Waals surface area contributed by atoms with Crippen molar-refractivity contribution < 1.29 is 14.3 Å². The monoisotopic (exact) mass is 612 g/mol. The lowest BCUT2D eigenvalue weighted by atomic mass is 9.97. The van der Waals surface area contributed by atoms with Gasteiger partial charge in [0, 0.05) is 19.3 Å². The Morgan fingerprint density at radius 1 is 1.24 bits per heavy atom. The predicted octanol–water partition coefficient (Wildman–Crippen LogP) is 3.33. The number of rotatable bonds is 9. The van der Waals surface area contributed by atoms with Crippen LogP contribution in [0.2, 0.25) is 0 Å². The number of carbonyl (C=O) groups excluding carboxylic acids is 2. The van der Waals surface area contributed by atoms with Gasteiger partial charge in [0.15, 0.2) is 5.54 Å². The summed E-state index contributed by atoms with van der Waals surface area (Å²) in [4.78, 5) is 41.9. The number of anilines is 1. The summed E-state index contributed by atoms with van der Waals surface area (Å²) in [5.74, 6) is 12.9. The molecular weight excluding hydrogens is 568 g/mol. The molecule has 2 saturated heterocycles. The lowest BCUT2D eigenvalue weighted by Gasteiger charge is -2.33. The van der Waals surface area contributed by atoms with E-state index >= 15 is 0 Å². The number of aromatic nitrogens is 2. The highest BCUT2D eigenvalue weighted by Crippen LogP contribution is 2.29.